The predicted octanol–water partition coefficient (Wildman–Crippen LogP) is 3.69. The number of hydrogen-bond donors (Lipinski definition) is 2. The van der Waals surface area contributed by atoms with Crippen LogP contribution >= 0.6 is 0 Å². The quantitative estimate of drug-likeness (QED) is 0.340. The number of aromatic nitrogens is 4. The molecular weight excluding hydrogens is 487 g/mol. The molecule has 0 saturated heterocycles. The molecule has 2 aromatic carbocycles. The van der Waals surface area contributed by atoms with Gasteiger partial charge in [0.05, 0.1) is 5.52 Å². The predicted molar refractivity (Wildman–Crippen MR) is 140 cm³/mol. The van der Waals surface area contributed by atoms with E-state index < -0.39 is 8.96 Å². The van der Waals surface area contributed by atoms with Gasteiger partial charge in [-0.05, 0) is 78.7 Å². The number of amides is 2. The first-order chi connectivity index (χ1) is 17.9. The van der Waals surface area contributed by atoms with Crippen LogP contribution < -0.4 is 15.5 Å². The number of carbonyl (C=O) groups excluding carboxylic acids is 2. The van der Waals surface area contributed by atoms with Crippen LogP contribution in [0.4, 0.5) is 10.3 Å². The minimum absolute atomic E-state index is 0.0398. The molecule has 1 fully saturated rings. The highest BCUT2D eigenvalue weighted by atomic mass is 28.3. The Kier molecular flexibility index (Phi) is 5.72. The minimum Gasteiger partial charge on any atom is -0.374 e. The van der Waals surface area contributed by atoms with Crippen LogP contribution in [0.2, 0.25) is 6.55 Å². The molecule has 10 heteroatoms. The Morgan fingerprint density at radius 2 is 1.92 bits per heavy atom. The summed E-state index contributed by atoms with van der Waals surface area (Å²) >= 11 is 0. The average molecular weight is 510 g/mol. The van der Waals surface area contributed by atoms with Crippen molar-refractivity contribution in [3.8, 4) is 11.1 Å². The summed E-state index contributed by atoms with van der Waals surface area (Å²) in [6.45, 7) is 1.92. The van der Waals surface area contributed by atoms with E-state index in [2.05, 4.69) is 25.4 Å². The lowest BCUT2D eigenvalue weighted by molar-refractivity contribution is -0.117. The number of benzene rings is 2. The summed E-state index contributed by atoms with van der Waals surface area (Å²) in [4.78, 5) is 37.0. The molecule has 2 N–H and O–H groups in total. The van der Waals surface area contributed by atoms with Gasteiger partial charge in [0, 0.05) is 34.8 Å². The van der Waals surface area contributed by atoms with E-state index in [0.717, 1.165) is 40.1 Å². The summed E-state index contributed by atoms with van der Waals surface area (Å²) < 4.78 is 15.2. The monoisotopic (exact) mass is 509 g/mol. The van der Waals surface area contributed by atoms with E-state index in [0.29, 0.717) is 11.2 Å². The Balaban J connectivity index is 1.24. The highest BCUT2D eigenvalue weighted by molar-refractivity contribution is 6.72. The highest BCUT2D eigenvalue weighted by Gasteiger charge is 2.30. The Morgan fingerprint density at radius 1 is 1.05 bits per heavy atom. The molecule has 0 spiro atoms. The summed E-state index contributed by atoms with van der Waals surface area (Å²) in [6.07, 6.45) is 5.39. The Morgan fingerprint density at radius 3 is 2.73 bits per heavy atom. The van der Waals surface area contributed by atoms with Gasteiger partial charge in [-0.3, -0.25) is 19.9 Å². The van der Waals surface area contributed by atoms with Crippen LogP contribution in [0.25, 0.3) is 27.7 Å². The molecular formula is C27H22FN6O2Si. The van der Waals surface area contributed by atoms with Gasteiger partial charge in [0.2, 0.25) is 26.7 Å². The number of rotatable bonds is 6. The van der Waals surface area contributed by atoms with Gasteiger partial charge < -0.3 is 4.98 Å². The van der Waals surface area contributed by atoms with Crippen LogP contribution in [0.15, 0.2) is 73.1 Å². The number of nitrogens with one attached hydrogen (secondary N) is 2. The van der Waals surface area contributed by atoms with E-state index >= 15 is 0 Å². The van der Waals surface area contributed by atoms with E-state index in [9.17, 15) is 14.0 Å². The van der Waals surface area contributed by atoms with Crippen molar-refractivity contribution in [2.75, 3.05) is 5.32 Å². The number of pyridine rings is 2. The van der Waals surface area contributed by atoms with Crippen molar-refractivity contribution in [2.45, 2.75) is 19.4 Å². The third-order valence-electron chi connectivity index (χ3n) is 6.36. The maximum atomic E-state index is 13.6. The van der Waals surface area contributed by atoms with Crippen molar-refractivity contribution >= 4 is 48.5 Å². The first kappa shape index (κ1) is 23.0. The summed E-state index contributed by atoms with van der Waals surface area (Å²) in [5.41, 5.74) is 3.62. The van der Waals surface area contributed by atoms with Crippen molar-refractivity contribution in [3.63, 3.8) is 0 Å². The molecule has 5 aromatic rings. The lowest BCUT2D eigenvalue weighted by atomic mass is 10.0. The zero-order chi connectivity index (χ0) is 25.5. The van der Waals surface area contributed by atoms with Crippen molar-refractivity contribution < 1.29 is 14.0 Å². The van der Waals surface area contributed by atoms with Crippen LogP contribution in [-0.4, -0.2) is 40.4 Å². The number of nitrogens with zero attached hydrogens (tertiary/aromatic N) is 4. The van der Waals surface area contributed by atoms with Crippen LogP contribution in [0.1, 0.15) is 23.2 Å². The van der Waals surface area contributed by atoms with Crippen molar-refractivity contribution in [1.29, 1.82) is 0 Å². The highest BCUT2D eigenvalue weighted by Crippen LogP contribution is 2.30. The number of hydrogen-bond acceptors (Lipinski definition) is 5. The normalized spacial score (nSPS) is 13.3. The zero-order valence-electron chi connectivity index (χ0n) is 19.9. The molecule has 0 aliphatic heterocycles. The topological polar surface area (TPSA) is 101 Å². The van der Waals surface area contributed by atoms with Crippen LogP contribution in [-0.2, 0) is 4.79 Å². The first-order valence-corrected chi connectivity index (χ1v) is 13.9. The van der Waals surface area contributed by atoms with Gasteiger partial charge in [0.1, 0.15) is 5.82 Å². The summed E-state index contributed by atoms with van der Waals surface area (Å²) in [5, 5.41) is 8.71. The third-order valence-corrected chi connectivity index (χ3v) is 8.14. The fourth-order valence-corrected chi connectivity index (χ4v) is 5.47. The van der Waals surface area contributed by atoms with Crippen LogP contribution in [0.5, 0.6) is 0 Å². The number of halogens is 1. The lowest BCUT2D eigenvalue weighted by Crippen LogP contribution is -2.45. The summed E-state index contributed by atoms with van der Waals surface area (Å²) in [5.74, 6) is -0.204. The number of fused-ring (bicyclic) bond motifs is 2. The molecule has 183 valence electrons. The van der Waals surface area contributed by atoms with Gasteiger partial charge in [-0.2, -0.15) is 4.98 Å². The molecule has 0 bridgehead atoms. The molecule has 3 heterocycles. The Labute approximate surface area is 213 Å². The lowest BCUT2D eigenvalue weighted by Gasteiger charge is -2.12. The van der Waals surface area contributed by atoms with Gasteiger partial charge in [-0.1, -0.05) is 12.1 Å². The fourth-order valence-electron chi connectivity index (χ4n) is 4.14. The van der Waals surface area contributed by atoms with E-state index in [-0.39, 0.29) is 29.5 Å². The summed E-state index contributed by atoms with van der Waals surface area (Å²) in [6, 6.07) is 17.4. The maximum absolute atomic E-state index is 13.6. The molecule has 0 unspecified atom stereocenters. The molecule has 3 aromatic heterocycles. The Hall–Kier alpha value is -4.44. The van der Waals surface area contributed by atoms with Crippen LogP contribution in [0, 0.1) is 11.7 Å². The molecule has 1 saturated carbocycles. The molecule has 1 aliphatic carbocycles. The molecule has 8 nitrogen and oxygen atoms in total. The van der Waals surface area contributed by atoms with Gasteiger partial charge in [-0.25, -0.2) is 8.91 Å². The van der Waals surface area contributed by atoms with Gasteiger partial charge >= 0.3 is 0 Å². The smallest absolute Gasteiger partial charge is 0.249 e. The molecule has 37 heavy (non-hydrogen) atoms. The second-order valence-corrected chi connectivity index (χ2v) is 11.2. The van der Waals surface area contributed by atoms with E-state index in [1.165, 1.54) is 12.1 Å². The second-order valence-electron chi connectivity index (χ2n) is 9.14. The average Bonchev–Trinajstić information content (AvgIpc) is 3.68. The number of anilines is 1. The summed E-state index contributed by atoms with van der Waals surface area (Å²) in [7, 11) is -1.46. The van der Waals surface area contributed by atoms with Crippen molar-refractivity contribution in [3.05, 3.63) is 84.4 Å². The fraction of sp³-hybridized carbons (Fsp3) is 0.148. The van der Waals surface area contributed by atoms with Gasteiger partial charge in [-0.15, -0.1) is 5.10 Å². The molecule has 2 amide bonds. The molecule has 6 rings (SSSR count). The zero-order valence-corrected chi connectivity index (χ0v) is 20.9. The standard InChI is InChI=1S/C27H22FN6O2Si/c1-37(22-4-2-3-21(28)14-22)33-26(36)18-7-8-23-19(11-18)12-20(15-29-23)17-9-10-34-24(13-17)30-27(32-34)31-25(35)16-5-6-16/h2-4,7-16H,5-6H2,1H3,(H,33,36)(H,31,32,35). The van der Waals surface area contributed by atoms with Gasteiger partial charge in [0.25, 0.3) is 0 Å². The van der Waals surface area contributed by atoms with Crippen molar-refractivity contribution in [2.24, 2.45) is 5.92 Å². The largest absolute Gasteiger partial charge is 0.374 e. The van der Waals surface area contributed by atoms with Gasteiger partial charge in [0.15, 0.2) is 5.65 Å². The first-order valence-electron chi connectivity index (χ1n) is 11.9. The SMILES string of the molecule is C[Si](NC(=O)c1ccc2ncc(-c3ccn4nc(NC(=O)C5CC5)nc4c3)cc2c1)c1cccc(F)c1. The van der Waals surface area contributed by atoms with Crippen molar-refractivity contribution in [1.82, 2.24) is 24.6 Å². The van der Waals surface area contributed by atoms with E-state index in [1.54, 1.807) is 29.0 Å². The third kappa shape index (κ3) is 4.83. The molecule has 0 atom stereocenters. The second kappa shape index (κ2) is 9.21. The van der Waals surface area contributed by atoms with Crippen LogP contribution in [0.3, 0.4) is 0 Å². The maximum Gasteiger partial charge on any atom is 0.249 e. The molecule has 1 aliphatic rings. The number of carbonyl (C=O) groups is 2. The van der Waals surface area contributed by atoms with E-state index in [1.807, 2.05) is 42.9 Å². The Bertz CT molecular complexity index is 1680. The molecule has 1 radical (unpaired) electrons. The van der Waals surface area contributed by atoms with E-state index in [4.69, 9.17) is 0 Å². The minimum atomic E-state index is -1.46.